The molecular weight excluding hydrogens is 474 g/mol. The number of hydrogen-bond donors (Lipinski definition) is 5. The van der Waals surface area contributed by atoms with Gasteiger partial charge < -0.3 is 31.4 Å². The summed E-state index contributed by atoms with van der Waals surface area (Å²) < 4.78 is 5.17. The summed E-state index contributed by atoms with van der Waals surface area (Å²) in [5.74, 6) is -0.671. The predicted octanol–water partition coefficient (Wildman–Crippen LogP) is 1.68. The summed E-state index contributed by atoms with van der Waals surface area (Å²) in [4.78, 5) is 35.2. The van der Waals surface area contributed by atoms with Crippen molar-refractivity contribution in [2.24, 2.45) is 34.1 Å². The number of nitrogens with one attached hydrogen (secondary N) is 1. The number of nitrogens with two attached hydrogens (primary N) is 2. The van der Waals surface area contributed by atoms with Crippen LogP contribution in [0.15, 0.2) is 27.6 Å². The van der Waals surface area contributed by atoms with E-state index < -0.39 is 29.1 Å². The maximum absolute atomic E-state index is 12.5. The first-order valence-corrected chi connectivity index (χ1v) is 13.7. The Morgan fingerprint density at radius 1 is 1.05 bits per heavy atom. The molecule has 204 valence electrons. The first kappa shape index (κ1) is 26.4. The highest BCUT2D eigenvalue weighted by Gasteiger charge is 2.69. The largest absolute Gasteiger partial charge is 0.431 e. The van der Waals surface area contributed by atoms with Gasteiger partial charge >= 0.3 is 5.63 Å². The molecule has 37 heavy (non-hydrogen) atoms. The van der Waals surface area contributed by atoms with Crippen molar-refractivity contribution in [3.63, 3.8) is 0 Å². The lowest BCUT2D eigenvalue weighted by atomic mass is 9.42. The lowest BCUT2D eigenvalue weighted by Crippen LogP contribution is -2.68. The van der Waals surface area contributed by atoms with Gasteiger partial charge in [0.2, 0.25) is 11.8 Å². The molecule has 9 atom stereocenters. The summed E-state index contributed by atoms with van der Waals surface area (Å²) >= 11 is 0. The van der Waals surface area contributed by atoms with E-state index in [4.69, 9.17) is 15.9 Å². The summed E-state index contributed by atoms with van der Waals surface area (Å²) in [5.41, 5.74) is 9.10. The molecule has 9 heteroatoms. The van der Waals surface area contributed by atoms with Gasteiger partial charge in [0.05, 0.1) is 29.9 Å². The average molecular weight is 516 g/mol. The normalized spacial score (nSPS) is 43.7. The number of primary amides is 1. The van der Waals surface area contributed by atoms with Crippen molar-refractivity contribution in [1.29, 1.82) is 0 Å². The Kier molecular flexibility index (Phi) is 6.36. The summed E-state index contributed by atoms with van der Waals surface area (Å²) in [5, 5.41) is 27.3. The van der Waals surface area contributed by atoms with Crippen LogP contribution in [0.25, 0.3) is 0 Å². The van der Waals surface area contributed by atoms with Crippen molar-refractivity contribution in [2.45, 2.75) is 107 Å². The van der Waals surface area contributed by atoms with Gasteiger partial charge in [-0.1, -0.05) is 13.8 Å². The molecule has 4 aliphatic rings. The quantitative estimate of drug-likeness (QED) is 0.397. The second kappa shape index (κ2) is 8.92. The maximum Gasteiger partial charge on any atom is 0.335 e. The Morgan fingerprint density at radius 2 is 1.76 bits per heavy atom. The molecule has 0 bridgehead atoms. The third-order valence-corrected chi connectivity index (χ3v) is 11.2. The van der Waals surface area contributed by atoms with Crippen LogP contribution >= 0.6 is 0 Å². The Balaban J connectivity index is 1.35. The lowest BCUT2D eigenvalue weighted by Gasteiger charge is -2.66. The van der Waals surface area contributed by atoms with Crippen molar-refractivity contribution in [1.82, 2.24) is 5.32 Å². The SMILES string of the molecule is C[C@]12CC[C@H](NC(=O)[C@H](N)CC(N)=O)C[C@@]1(O)CC[C@@H]1[C@@H]2CC[C@]2(C)[C@@H](c3ccc(=O)oc3)CC[C@]12O. The van der Waals surface area contributed by atoms with E-state index in [1.807, 2.05) is 6.07 Å². The van der Waals surface area contributed by atoms with E-state index in [1.165, 1.54) is 6.07 Å². The van der Waals surface area contributed by atoms with Crippen molar-refractivity contribution in [3.8, 4) is 0 Å². The number of carbonyl (C=O) groups is 2. The number of amides is 2. The number of fused-ring (bicyclic) bond motifs is 5. The predicted molar refractivity (Wildman–Crippen MR) is 136 cm³/mol. The molecule has 0 radical (unpaired) electrons. The Hall–Kier alpha value is -2.23. The fourth-order valence-corrected chi connectivity index (χ4v) is 9.07. The van der Waals surface area contributed by atoms with Gasteiger partial charge in [0.15, 0.2) is 0 Å². The number of carbonyl (C=O) groups excluding carboxylic acids is 2. The molecular formula is C28H41N3O6. The summed E-state index contributed by atoms with van der Waals surface area (Å²) in [6.07, 6.45) is 7.79. The topological polar surface area (TPSA) is 169 Å². The van der Waals surface area contributed by atoms with Crippen LogP contribution in [0.1, 0.15) is 89.5 Å². The van der Waals surface area contributed by atoms with Gasteiger partial charge in [0, 0.05) is 17.5 Å². The minimum atomic E-state index is -0.991. The van der Waals surface area contributed by atoms with Crippen LogP contribution in [0.5, 0.6) is 0 Å². The van der Waals surface area contributed by atoms with Gasteiger partial charge in [-0.25, -0.2) is 4.79 Å². The zero-order chi connectivity index (χ0) is 26.8. The zero-order valence-electron chi connectivity index (χ0n) is 21.9. The molecule has 0 unspecified atom stereocenters. The molecule has 4 aliphatic carbocycles. The van der Waals surface area contributed by atoms with E-state index in [0.29, 0.717) is 25.7 Å². The molecule has 1 aromatic heterocycles. The van der Waals surface area contributed by atoms with Gasteiger partial charge in [0.1, 0.15) is 0 Å². The fraction of sp³-hybridized carbons (Fsp3) is 0.750. The first-order chi connectivity index (χ1) is 17.3. The minimum absolute atomic E-state index is 0.0763. The van der Waals surface area contributed by atoms with Crippen LogP contribution in [0.3, 0.4) is 0 Å². The molecule has 5 rings (SSSR count). The lowest BCUT2D eigenvalue weighted by molar-refractivity contribution is -0.247. The van der Waals surface area contributed by atoms with E-state index >= 15 is 0 Å². The van der Waals surface area contributed by atoms with Crippen LogP contribution < -0.4 is 22.4 Å². The molecule has 0 aliphatic heterocycles. The van der Waals surface area contributed by atoms with Crippen LogP contribution in [0.2, 0.25) is 0 Å². The maximum atomic E-state index is 12.5. The minimum Gasteiger partial charge on any atom is -0.431 e. The number of rotatable bonds is 5. The van der Waals surface area contributed by atoms with Crippen LogP contribution in [0, 0.1) is 22.7 Å². The monoisotopic (exact) mass is 515 g/mol. The molecule has 1 aromatic rings. The first-order valence-electron chi connectivity index (χ1n) is 13.7. The summed E-state index contributed by atoms with van der Waals surface area (Å²) in [7, 11) is 0. The molecule has 4 saturated carbocycles. The highest BCUT2D eigenvalue weighted by Crippen LogP contribution is 2.71. The number of aliphatic hydroxyl groups is 2. The molecule has 0 saturated heterocycles. The summed E-state index contributed by atoms with van der Waals surface area (Å²) in [6.45, 7) is 4.36. The van der Waals surface area contributed by atoms with E-state index in [9.17, 15) is 24.6 Å². The Morgan fingerprint density at radius 3 is 2.43 bits per heavy atom. The van der Waals surface area contributed by atoms with E-state index in [-0.39, 0.29) is 46.7 Å². The molecule has 1 heterocycles. The van der Waals surface area contributed by atoms with Crippen LogP contribution in [-0.4, -0.2) is 45.3 Å². The van der Waals surface area contributed by atoms with Gasteiger partial charge in [-0.05, 0) is 92.6 Å². The van der Waals surface area contributed by atoms with Gasteiger partial charge in [-0.15, -0.1) is 0 Å². The second-order valence-electron chi connectivity index (χ2n) is 12.8. The average Bonchev–Trinajstić information content (AvgIpc) is 3.11. The molecule has 0 spiro atoms. The smallest absolute Gasteiger partial charge is 0.335 e. The van der Waals surface area contributed by atoms with Gasteiger partial charge in [-0.3, -0.25) is 9.59 Å². The van der Waals surface area contributed by atoms with Crippen molar-refractivity contribution in [3.05, 3.63) is 34.4 Å². The van der Waals surface area contributed by atoms with E-state index in [0.717, 1.165) is 37.7 Å². The van der Waals surface area contributed by atoms with Crippen LogP contribution in [0.4, 0.5) is 0 Å². The second-order valence-corrected chi connectivity index (χ2v) is 12.8. The Bertz CT molecular complexity index is 1120. The van der Waals surface area contributed by atoms with Gasteiger partial charge in [0.25, 0.3) is 0 Å². The molecule has 7 N–H and O–H groups in total. The van der Waals surface area contributed by atoms with Gasteiger partial charge in [-0.2, -0.15) is 0 Å². The fourth-order valence-electron chi connectivity index (χ4n) is 9.07. The third kappa shape index (κ3) is 3.96. The van der Waals surface area contributed by atoms with Crippen LogP contribution in [-0.2, 0) is 9.59 Å². The summed E-state index contributed by atoms with van der Waals surface area (Å²) in [6, 6.07) is 2.09. The highest BCUT2D eigenvalue weighted by molar-refractivity contribution is 5.87. The van der Waals surface area contributed by atoms with E-state index in [1.54, 1.807) is 6.26 Å². The molecule has 4 fully saturated rings. The third-order valence-electron chi connectivity index (χ3n) is 11.2. The molecule has 9 nitrogen and oxygen atoms in total. The highest BCUT2D eigenvalue weighted by atomic mass is 16.4. The van der Waals surface area contributed by atoms with Crippen molar-refractivity contribution < 1.29 is 24.2 Å². The standard InChI is InChI=1S/C28H41N3O6/c1-25-9-5-17(31-24(34)21(29)13-22(30)32)14-27(25,35)11-7-20-19(25)6-10-26(2)18(8-12-28(20,26)36)16-3-4-23(33)37-15-16/h3-4,15,17-21,35-36H,5-14,29H2,1-2H3,(H2,30,32)(H,31,34)/t17-,18+,19-,20+,21+,25+,26+,27-,28-/m0/s1. The zero-order valence-corrected chi connectivity index (χ0v) is 21.9. The number of hydrogen-bond acceptors (Lipinski definition) is 7. The molecule has 0 aromatic carbocycles. The van der Waals surface area contributed by atoms with E-state index in [2.05, 4.69) is 19.2 Å². The Labute approximate surface area is 217 Å². The van der Waals surface area contributed by atoms with Crippen molar-refractivity contribution in [2.75, 3.05) is 0 Å². The van der Waals surface area contributed by atoms with Crippen molar-refractivity contribution >= 4 is 11.8 Å². The molecule has 2 amide bonds.